The van der Waals surface area contributed by atoms with Crippen molar-refractivity contribution >= 4 is 16.0 Å². The second-order valence-corrected chi connectivity index (χ2v) is 9.22. The van der Waals surface area contributed by atoms with Crippen molar-refractivity contribution in [2.24, 2.45) is 0 Å². The topological polar surface area (TPSA) is 83.5 Å². The predicted octanol–water partition coefficient (Wildman–Crippen LogP) is 5.51. The van der Waals surface area contributed by atoms with Crippen molar-refractivity contribution in [1.29, 1.82) is 0 Å². The van der Waals surface area contributed by atoms with Gasteiger partial charge in [-0.2, -0.15) is 0 Å². The van der Waals surface area contributed by atoms with Crippen LogP contribution in [0.4, 0.5) is 0 Å². The number of carbonyl (C=O) groups is 1. The Morgan fingerprint density at radius 1 is 0.714 bits per heavy atom. The van der Waals surface area contributed by atoms with Crippen LogP contribution in [0.2, 0.25) is 0 Å². The fourth-order valence-electron chi connectivity index (χ4n) is 3.24. The van der Waals surface area contributed by atoms with E-state index in [1.807, 2.05) is 6.07 Å². The molecule has 0 aromatic heterocycles. The molecule has 5 nitrogen and oxygen atoms in total. The van der Waals surface area contributed by atoms with Gasteiger partial charge in [0.15, 0.2) is 0 Å². The van der Waals surface area contributed by atoms with Gasteiger partial charge >= 0.3 is 5.97 Å². The molecular weight excluding hydrogens is 374 g/mol. The van der Waals surface area contributed by atoms with Gasteiger partial charge in [0, 0.05) is 13.0 Å². The molecule has 0 saturated heterocycles. The van der Waals surface area contributed by atoms with E-state index in [2.05, 4.69) is 4.72 Å². The molecule has 0 fully saturated rings. The number of aliphatic carboxylic acids is 1. The van der Waals surface area contributed by atoms with Gasteiger partial charge < -0.3 is 5.11 Å². The summed E-state index contributed by atoms with van der Waals surface area (Å²) in [5.41, 5.74) is 0. The molecule has 1 aromatic rings. The highest BCUT2D eigenvalue weighted by molar-refractivity contribution is 7.89. The van der Waals surface area contributed by atoms with Crippen molar-refractivity contribution in [2.75, 3.05) is 6.54 Å². The molecule has 160 valence electrons. The third-order valence-electron chi connectivity index (χ3n) is 4.91. The van der Waals surface area contributed by atoms with E-state index in [0.29, 0.717) is 17.9 Å². The Bertz CT molecular complexity index is 617. The first-order valence-electron chi connectivity index (χ1n) is 10.8. The van der Waals surface area contributed by atoms with Gasteiger partial charge in [0.05, 0.1) is 4.90 Å². The number of benzene rings is 1. The molecule has 0 aliphatic rings. The van der Waals surface area contributed by atoms with Crippen LogP contribution >= 0.6 is 0 Å². The molecule has 28 heavy (non-hydrogen) atoms. The lowest BCUT2D eigenvalue weighted by Crippen LogP contribution is -2.24. The van der Waals surface area contributed by atoms with Gasteiger partial charge in [0.1, 0.15) is 0 Å². The van der Waals surface area contributed by atoms with Gasteiger partial charge in [-0.15, -0.1) is 0 Å². The summed E-state index contributed by atoms with van der Waals surface area (Å²) in [7, 11) is -3.36. The quantitative estimate of drug-likeness (QED) is 0.312. The third-order valence-corrected chi connectivity index (χ3v) is 6.39. The van der Waals surface area contributed by atoms with Crippen LogP contribution in [-0.4, -0.2) is 26.0 Å². The van der Waals surface area contributed by atoms with Crippen molar-refractivity contribution in [3.63, 3.8) is 0 Å². The Morgan fingerprint density at radius 2 is 1.14 bits per heavy atom. The lowest BCUT2D eigenvalue weighted by Gasteiger charge is -2.06. The molecule has 0 spiro atoms. The van der Waals surface area contributed by atoms with Crippen molar-refractivity contribution < 1.29 is 18.3 Å². The van der Waals surface area contributed by atoms with Gasteiger partial charge in [0.25, 0.3) is 0 Å². The molecule has 1 rings (SSSR count). The normalized spacial score (nSPS) is 11.6. The Balaban J connectivity index is 1.84. The number of carboxylic acids is 1. The maximum Gasteiger partial charge on any atom is 0.303 e. The molecule has 0 atom stereocenters. The standard InChI is InChI=1S/C22H37NO4S/c24-22(25)19-15-10-8-6-4-2-1-3-5-7-9-11-16-20-23-28(26,27)21-17-13-12-14-18-21/h12-14,17-18,23H,1-11,15-16,19-20H2,(H,24,25). The third kappa shape index (κ3) is 12.9. The van der Waals surface area contributed by atoms with E-state index in [1.54, 1.807) is 24.3 Å². The molecule has 0 aliphatic carbocycles. The van der Waals surface area contributed by atoms with Gasteiger partial charge in [-0.3, -0.25) is 4.79 Å². The minimum atomic E-state index is -3.36. The number of hydrogen-bond donors (Lipinski definition) is 2. The number of sulfonamides is 1. The smallest absolute Gasteiger partial charge is 0.303 e. The van der Waals surface area contributed by atoms with Gasteiger partial charge in [-0.05, 0) is 25.0 Å². The lowest BCUT2D eigenvalue weighted by molar-refractivity contribution is -0.137. The molecule has 0 aliphatic heterocycles. The second kappa shape index (κ2) is 15.5. The van der Waals surface area contributed by atoms with E-state index < -0.39 is 16.0 Å². The van der Waals surface area contributed by atoms with E-state index in [1.165, 1.54) is 44.9 Å². The number of nitrogens with one attached hydrogen (secondary N) is 1. The Hall–Kier alpha value is -1.40. The van der Waals surface area contributed by atoms with Crippen LogP contribution < -0.4 is 4.72 Å². The van der Waals surface area contributed by atoms with Crippen LogP contribution in [-0.2, 0) is 14.8 Å². The van der Waals surface area contributed by atoms with Crippen molar-refractivity contribution in [3.05, 3.63) is 30.3 Å². The van der Waals surface area contributed by atoms with E-state index in [-0.39, 0.29) is 0 Å². The zero-order valence-electron chi connectivity index (χ0n) is 17.1. The maximum atomic E-state index is 12.1. The fraction of sp³-hybridized carbons (Fsp3) is 0.682. The fourth-order valence-corrected chi connectivity index (χ4v) is 4.33. The van der Waals surface area contributed by atoms with Gasteiger partial charge in [-0.1, -0.05) is 88.8 Å². The SMILES string of the molecule is O=C(O)CCCCCCCCCCCCCCCNS(=O)(=O)c1ccccc1. The van der Waals surface area contributed by atoms with Crippen molar-refractivity contribution in [2.45, 2.75) is 94.8 Å². The predicted molar refractivity (Wildman–Crippen MR) is 114 cm³/mol. The van der Waals surface area contributed by atoms with Crippen LogP contribution in [0.15, 0.2) is 35.2 Å². The molecule has 2 N–H and O–H groups in total. The van der Waals surface area contributed by atoms with Gasteiger partial charge in [-0.25, -0.2) is 13.1 Å². The average molecular weight is 412 g/mol. The Kier molecular flexibility index (Phi) is 13.7. The summed E-state index contributed by atoms with van der Waals surface area (Å²) in [6.07, 6.45) is 15.2. The highest BCUT2D eigenvalue weighted by Crippen LogP contribution is 2.13. The Morgan fingerprint density at radius 3 is 1.61 bits per heavy atom. The molecular formula is C22H37NO4S. The monoisotopic (exact) mass is 411 g/mol. The molecule has 1 aromatic carbocycles. The van der Waals surface area contributed by atoms with E-state index in [0.717, 1.165) is 38.5 Å². The Labute approximate surface area is 171 Å². The van der Waals surface area contributed by atoms with Gasteiger partial charge in [0.2, 0.25) is 10.0 Å². The minimum Gasteiger partial charge on any atom is -0.481 e. The molecule has 0 unspecified atom stereocenters. The van der Waals surface area contributed by atoms with Crippen molar-refractivity contribution in [1.82, 2.24) is 4.72 Å². The summed E-state index contributed by atoms with van der Waals surface area (Å²) >= 11 is 0. The van der Waals surface area contributed by atoms with Crippen LogP contribution in [0, 0.1) is 0 Å². The van der Waals surface area contributed by atoms with Crippen LogP contribution in [0.1, 0.15) is 89.9 Å². The van der Waals surface area contributed by atoms with E-state index in [4.69, 9.17) is 5.11 Å². The lowest BCUT2D eigenvalue weighted by atomic mass is 10.0. The summed E-state index contributed by atoms with van der Waals surface area (Å²) in [5, 5.41) is 8.57. The summed E-state index contributed by atoms with van der Waals surface area (Å²) in [6.45, 7) is 0.504. The number of carboxylic acid groups (broad SMARTS) is 1. The summed E-state index contributed by atoms with van der Waals surface area (Å²) in [4.78, 5) is 10.7. The van der Waals surface area contributed by atoms with E-state index in [9.17, 15) is 13.2 Å². The zero-order valence-corrected chi connectivity index (χ0v) is 17.9. The first kappa shape index (κ1) is 24.6. The van der Waals surface area contributed by atoms with E-state index >= 15 is 0 Å². The van der Waals surface area contributed by atoms with Crippen molar-refractivity contribution in [3.8, 4) is 0 Å². The number of unbranched alkanes of at least 4 members (excludes halogenated alkanes) is 12. The first-order chi connectivity index (χ1) is 13.5. The van der Waals surface area contributed by atoms with Crippen LogP contribution in [0.3, 0.4) is 0 Å². The first-order valence-corrected chi connectivity index (χ1v) is 12.3. The van der Waals surface area contributed by atoms with Crippen LogP contribution in [0.25, 0.3) is 0 Å². The molecule has 0 amide bonds. The number of rotatable bonds is 18. The highest BCUT2D eigenvalue weighted by Gasteiger charge is 2.11. The molecule has 6 heteroatoms. The minimum absolute atomic E-state index is 0.304. The molecule has 0 saturated carbocycles. The maximum absolute atomic E-state index is 12.1. The summed E-state index contributed by atoms with van der Waals surface area (Å²) in [6, 6.07) is 8.50. The molecule has 0 radical (unpaired) electrons. The largest absolute Gasteiger partial charge is 0.481 e. The summed E-state index contributed by atoms with van der Waals surface area (Å²) < 4.78 is 26.8. The molecule has 0 heterocycles. The highest BCUT2D eigenvalue weighted by atomic mass is 32.2. The van der Waals surface area contributed by atoms with Crippen LogP contribution in [0.5, 0.6) is 0 Å². The average Bonchev–Trinajstić information content (AvgIpc) is 2.68. The zero-order chi connectivity index (χ0) is 20.5. The summed E-state index contributed by atoms with van der Waals surface area (Å²) in [5.74, 6) is -0.687. The number of hydrogen-bond acceptors (Lipinski definition) is 3. The second-order valence-electron chi connectivity index (χ2n) is 7.45. The molecule has 0 bridgehead atoms.